The highest BCUT2D eigenvalue weighted by Gasteiger charge is 2.18. The van der Waals surface area contributed by atoms with Gasteiger partial charge in [0.2, 0.25) is 0 Å². The third-order valence-corrected chi connectivity index (χ3v) is 6.47. The van der Waals surface area contributed by atoms with Gasteiger partial charge in [0.15, 0.2) is 11.4 Å². The van der Waals surface area contributed by atoms with Crippen molar-refractivity contribution in [3.8, 4) is 16.6 Å². The lowest BCUT2D eigenvalue weighted by Gasteiger charge is -2.21. The van der Waals surface area contributed by atoms with Crippen LogP contribution in [-0.2, 0) is 6.54 Å². The van der Waals surface area contributed by atoms with Crippen molar-refractivity contribution in [2.75, 3.05) is 4.90 Å². The quantitative estimate of drug-likeness (QED) is 0.362. The molecule has 0 unspecified atom stereocenters. The lowest BCUT2D eigenvalue weighted by Crippen LogP contribution is -2.15. The molecule has 0 spiro atoms. The minimum absolute atomic E-state index is 0.285. The molecule has 0 saturated carbocycles. The summed E-state index contributed by atoms with van der Waals surface area (Å²) >= 11 is 2.95. The first-order valence-electron chi connectivity index (χ1n) is 8.98. The molecule has 0 radical (unpaired) electrons. The average Bonchev–Trinajstić information content (AvgIpc) is 3.39. The zero-order chi connectivity index (χ0) is 21.1. The second-order valence-electron chi connectivity index (χ2n) is 6.44. The Labute approximate surface area is 180 Å². The number of thiazole rings is 2. The number of carbonyl (C=O) groups is 1. The van der Waals surface area contributed by atoms with E-state index in [9.17, 15) is 9.18 Å². The van der Waals surface area contributed by atoms with Gasteiger partial charge in [-0.05, 0) is 55.5 Å². The smallest absolute Gasteiger partial charge is 0.191 e. The monoisotopic (exact) mass is 434 g/mol. The first-order valence-corrected chi connectivity index (χ1v) is 10.6. The van der Waals surface area contributed by atoms with Crippen LogP contribution in [0.4, 0.5) is 15.2 Å². The molecule has 8 heteroatoms. The Morgan fingerprint density at radius 2 is 1.87 bits per heavy atom. The van der Waals surface area contributed by atoms with Crippen molar-refractivity contribution in [1.29, 1.82) is 5.26 Å². The van der Waals surface area contributed by atoms with Crippen molar-refractivity contribution in [3.63, 3.8) is 0 Å². The summed E-state index contributed by atoms with van der Waals surface area (Å²) in [5.74, 6) is -0.285. The standard InChI is InChI=1S/C22H15FN4OS2/c1-14-20(13-28)26-22(29-14)27(18-8-2-15(10-24)3-9-18)12-19-11-25-21(30-19)16-4-6-17(23)7-5-16/h2-9,11,13H,12H2,1H3. The van der Waals surface area contributed by atoms with E-state index in [-0.39, 0.29) is 5.82 Å². The molecule has 0 saturated heterocycles. The lowest BCUT2D eigenvalue weighted by atomic mass is 10.2. The van der Waals surface area contributed by atoms with Crippen LogP contribution >= 0.6 is 22.7 Å². The van der Waals surface area contributed by atoms with Crippen molar-refractivity contribution >= 4 is 39.8 Å². The number of hydrogen-bond donors (Lipinski definition) is 0. The first-order chi connectivity index (χ1) is 14.6. The maximum absolute atomic E-state index is 13.2. The molecule has 5 nitrogen and oxygen atoms in total. The summed E-state index contributed by atoms with van der Waals surface area (Å²) in [6, 6.07) is 15.6. The summed E-state index contributed by atoms with van der Waals surface area (Å²) in [6.45, 7) is 2.36. The molecule has 0 aliphatic heterocycles. The number of carbonyl (C=O) groups excluding carboxylic acids is 1. The molecule has 0 fully saturated rings. The largest absolute Gasteiger partial charge is 0.313 e. The third-order valence-electron chi connectivity index (χ3n) is 4.43. The van der Waals surface area contributed by atoms with Gasteiger partial charge in [0, 0.05) is 27.2 Å². The summed E-state index contributed by atoms with van der Waals surface area (Å²) in [6.07, 6.45) is 2.55. The maximum Gasteiger partial charge on any atom is 0.191 e. The Kier molecular flexibility index (Phi) is 5.65. The van der Waals surface area contributed by atoms with E-state index in [1.807, 2.05) is 24.0 Å². The molecule has 0 aliphatic carbocycles. The topological polar surface area (TPSA) is 69.9 Å². The fourth-order valence-electron chi connectivity index (χ4n) is 2.87. The van der Waals surface area contributed by atoms with Gasteiger partial charge >= 0.3 is 0 Å². The fraction of sp³-hybridized carbons (Fsp3) is 0.0909. The van der Waals surface area contributed by atoms with E-state index in [4.69, 9.17) is 5.26 Å². The van der Waals surface area contributed by atoms with Crippen LogP contribution in [0.15, 0.2) is 54.7 Å². The van der Waals surface area contributed by atoms with Gasteiger partial charge in [0.25, 0.3) is 0 Å². The number of aldehydes is 1. The molecule has 0 bridgehead atoms. The molecular weight excluding hydrogens is 419 g/mol. The van der Waals surface area contributed by atoms with Crippen molar-refractivity contribution in [3.05, 3.63) is 81.6 Å². The minimum Gasteiger partial charge on any atom is -0.313 e. The molecule has 2 aromatic carbocycles. The van der Waals surface area contributed by atoms with Gasteiger partial charge in [0.05, 0.1) is 18.2 Å². The maximum atomic E-state index is 13.2. The summed E-state index contributed by atoms with van der Waals surface area (Å²) in [5.41, 5.74) is 2.70. The zero-order valence-electron chi connectivity index (χ0n) is 15.9. The van der Waals surface area contributed by atoms with Gasteiger partial charge in [0.1, 0.15) is 16.5 Å². The van der Waals surface area contributed by atoms with Gasteiger partial charge in [-0.1, -0.05) is 0 Å². The number of halogens is 1. The van der Waals surface area contributed by atoms with Crippen LogP contribution in [0.1, 0.15) is 25.8 Å². The zero-order valence-corrected chi connectivity index (χ0v) is 17.5. The van der Waals surface area contributed by atoms with E-state index in [0.29, 0.717) is 22.9 Å². The van der Waals surface area contributed by atoms with Gasteiger partial charge in [-0.25, -0.2) is 14.4 Å². The molecule has 4 aromatic rings. The van der Waals surface area contributed by atoms with E-state index in [1.165, 1.54) is 34.8 Å². The van der Waals surface area contributed by atoms with Crippen LogP contribution in [0.2, 0.25) is 0 Å². The third kappa shape index (κ3) is 4.13. The fourth-order valence-corrected chi connectivity index (χ4v) is 4.67. The number of hydrogen-bond acceptors (Lipinski definition) is 7. The minimum atomic E-state index is -0.285. The molecule has 0 atom stereocenters. The normalized spacial score (nSPS) is 10.6. The lowest BCUT2D eigenvalue weighted by molar-refractivity contribution is 0.111. The summed E-state index contributed by atoms with van der Waals surface area (Å²) < 4.78 is 13.2. The average molecular weight is 435 g/mol. The van der Waals surface area contributed by atoms with Crippen molar-refractivity contribution in [1.82, 2.24) is 9.97 Å². The van der Waals surface area contributed by atoms with Crippen LogP contribution in [0.5, 0.6) is 0 Å². The van der Waals surface area contributed by atoms with E-state index < -0.39 is 0 Å². The summed E-state index contributed by atoms with van der Waals surface area (Å²) in [4.78, 5) is 24.1. The highest BCUT2D eigenvalue weighted by molar-refractivity contribution is 7.16. The molecule has 2 aromatic heterocycles. The van der Waals surface area contributed by atoms with E-state index in [0.717, 1.165) is 32.3 Å². The first kappa shape index (κ1) is 19.9. The molecule has 0 N–H and O–H groups in total. The number of anilines is 2. The molecule has 2 heterocycles. The van der Waals surface area contributed by atoms with Gasteiger partial charge in [-0.2, -0.15) is 5.26 Å². The van der Waals surface area contributed by atoms with Crippen LogP contribution in [0.3, 0.4) is 0 Å². The second-order valence-corrected chi connectivity index (χ2v) is 8.74. The second kappa shape index (κ2) is 8.53. The Balaban J connectivity index is 1.68. The predicted molar refractivity (Wildman–Crippen MR) is 117 cm³/mol. The number of aryl methyl sites for hydroxylation is 1. The number of rotatable bonds is 6. The number of benzene rings is 2. The van der Waals surface area contributed by atoms with Crippen LogP contribution < -0.4 is 4.90 Å². The van der Waals surface area contributed by atoms with Crippen molar-refractivity contribution in [2.45, 2.75) is 13.5 Å². The molecule has 30 heavy (non-hydrogen) atoms. The van der Waals surface area contributed by atoms with Crippen molar-refractivity contribution < 1.29 is 9.18 Å². The Morgan fingerprint density at radius 3 is 2.50 bits per heavy atom. The van der Waals surface area contributed by atoms with E-state index in [1.54, 1.807) is 30.5 Å². The Hall–Kier alpha value is -3.41. The molecule has 4 rings (SSSR count). The van der Waals surface area contributed by atoms with Gasteiger partial charge < -0.3 is 4.90 Å². The van der Waals surface area contributed by atoms with Crippen LogP contribution in [-0.4, -0.2) is 16.3 Å². The van der Waals surface area contributed by atoms with Crippen molar-refractivity contribution in [2.24, 2.45) is 0 Å². The summed E-state index contributed by atoms with van der Waals surface area (Å²) in [7, 11) is 0. The van der Waals surface area contributed by atoms with E-state index >= 15 is 0 Å². The molecule has 0 amide bonds. The molecule has 0 aliphatic rings. The van der Waals surface area contributed by atoms with E-state index in [2.05, 4.69) is 16.0 Å². The predicted octanol–water partition coefficient (Wildman–Crippen LogP) is 5.74. The SMILES string of the molecule is Cc1sc(N(Cc2cnc(-c3ccc(F)cc3)s2)c2ccc(C#N)cc2)nc1C=O. The Morgan fingerprint density at radius 1 is 1.13 bits per heavy atom. The number of nitriles is 1. The Bertz CT molecular complexity index is 1220. The summed E-state index contributed by atoms with van der Waals surface area (Å²) in [5, 5.41) is 10.6. The highest BCUT2D eigenvalue weighted by atomic mass is 32.1. The van der Waals surface area contributed by atoms with Crippen LogP contribution in [0, 0.1) is 24.1 Å². The molecular formula is C22H15FN4OS2. The van der Waals surface area contributed by atoms with Gasteiger partial charge in [-0.15, -0.1) is 22.7 Å². The van der Waals surface area contributed by atoms with Gasteiger partial charge in [-0.3, -0.25) is 4.79 Å². The molecule has 148 valence electrons. The highest BCUT2D eigenvalue weighted by Crippen LogP contribution is 2.34. The number of aromatic nitrogens is 2. The number of nitrogens with zero attached hydrogens (tertiary/aromatic N) is 4. The van der Waals surface area contributed by atoms with Crippen LogP contribution in [0.25, 0.3) is 10.6 Å².